The second-order valence-electron chi connectivity index (χ2n) is 4.40. The monoisotopic (exact) mass is 254 g/mol. The number of nitro benzene ring substituents is 1. The normalized spacial score (nSPS) is 20.4. The summed E-state index contributed by atoms with van der Waals surface area (Å²) in [6, 6.07) is 5.45. The van der Waals surface area contributed by atoms with E-state index in [9.17, 15) is 10.1 Å². The van der Waals surface area contributed by atoms with Crippen LogP contribution < -0.4 is 4.90 Å². The predicted molar refractivity (Wildman–Crippen MR) is 68.8 cm³/mol. The van der Waals surface area contributed by atoms with Gasteiger partial charge in [-0.2, -0.15) is 0 Å². The first-order valence-corrected chi connectivity index (χ1v) is 6.18. The lowest BCUT2D eigenvalue weighted by Crippen LogP contribution is -2.37. The fourth-order valence-corrected chi connectivity index (χ4v) is 2.61. The quantitative estimate of drug-likeness (QED) is 0.598. The molecule has 0 radical (unpaired) electrons. The molecule has 1 unspecified atom stereocenters. The van der Waals surface area contributed by atoms with E-state index in [1.807, 2.05) is 0 Å². The van der Waals surface area contributed by atoms with Gasteiger partial charge < -0.3 is 4.90 Å². The van der Waals surface area contributed by atoms with E-state index in [1.54, 1.807) is 18.2 Å². The molecule has 0 spiro atoms. The third-order valence-corrected chi connectivity index (χ3v) is 3.57. The minimum absolute atomic E-state index is 0.0305. The van der Waals surface area contributed by atoms with E-state index in [0.717, 1.165) is 19.4 Å². The molecule has 0 saturated carbocycles. The number of hydrogen-bond acceptors (Lipinski definition) is 3. The van der Waals surface area contributed by atoms with Crippen molar-refractivity contribution in [3.8, 4) is 0 Å². The molecule has 5 heteroatoms. The summed E-state index contributed by atoms with van der Waals surface area (Å²) in [5, 5.41) is 11.3. The van der Waals surface area contributed by atoms with Gasteiger partial charge in [0.05, 0.1) is 4.92 Å². The van der Waals surface area contributed by atoms with Gasteiger partial charge in [0.25, 0.3) is 0 Å². The summed E-state index contributed by atoms with van der Waals surface area (Å²) >= 11 is 5.92. The highest BCUT2D eigenvalue weighted by Gasteiger charge is 2.27. The van der Waals surface area contributed by atoms with Crippen molar-refractivity contribution < 1.29 is 4.92 Å². The van der Waals surface area contributed by atoms with Gasteiger partial charge >= 0.3 is 5.69 Å². The smallest absolute Gasteiger partial charge is 0.310 e. The fraction of sp³-hybridized carbons (Fsp3) is 0.500. The summed E-state index contributed by atoms with van der Waals surface area (Å²) < 4.78 is 0. The molecule has 1 aromatic carbocycles. The summed E-state index contributed by atoms with van der Waals surface area (Å²) in [4.78, 5) is 12.8. The maximum absolute atomic E-state index is 11.1. The maximum atomic E-state index is 11.1. The number of rotatable bonds is 2. The molecule has 1 aliphatic rings. The van der Waals surface area contributed by atoms with Gasteiger partial charge in [0, 0.05) is 12.6 Å². The van der Waals surface area contributed by atoms with E-state index in [0.29, 0.717) is 11.7 Å². The molecule has 1 atom stereocenters. The molecule has 1 saturated heterocycles. The van der Waals surface area contributed by atoms with Crippen LogP contribution in [0.3, 0.4) is 0 Å². The molecule has 0 aromatic heterocycles. The van der Waals surface area contributed by atoms with Crippen LogP contribution in [0, 0.1) is 10.1 Å². The van der Waals surface area contributed by atoms with E-state index in [-0.39, 0.29) is 15.6 Å². The third-order valence-electron chi connectivity index (χ3n) is 3.26. The van der Waals surface area contributed by atoms with Crippen molar-refractivity contribution in [2.45, 2.75) is 32.2 Å². The molecule has 0 N–H and O–H groups in total. The van der Waals surface area contributed by atoms with Crippen LogP contribution in [-0.2, 0) is 0 Å². The minimum atomic E-state index is -0.390. The van der Waals surface area contributed by atoms with Gasteiger partial charge in [-0.1, -0.05) is 17.7 Å². The van der Waals surface area contributed by atoms with Crippen LogP contribution in [0.1, 0.15) is 26.2 Å². The zero-order chi connectivity index (χ0) is 12.4. The summed E-state index contributed by atoms with van der Waals surface area (Å²) in [5.74, 6) is 0. The van der Waals surface area contributed by atoms with Crippen molar-refractivity contribution in [3.05, 3.63) is 33.3 Å². The number of anilines is 1. The lowest BCUT2D eigenvalue weighted by atomic mass is 10.0. The van der Waals surface area contributed by atoms with Crippen molar-refractivity contribution in [1.82, 2.24) is 0 Å². The number of nitro groups is 1. The average Bonchev–Trinajstić information content (AvgIpc) is 2.28. The zero-order valence-corrected chi connectivity index (χ0v) is 10.5. The summed E-state index contributed by atoms with van der Waals surface area (Å²) in [6.45, 7) is 2.96. The standard InChI is InChI=1S/C12H15ClN2O2/c1-9-5-2-3-8-14(9)11-7-4-6-10(13)12(11)15(16)17/h4,6-7,9H,2-3,5,8H2,1H3. The average molecular weight is 255 g/mol. The molecule has 17 heavy (non-hydrogen) atoms. The molecule has 92 valence electrons. The van der Waals surface area contributed by atoms with Crippen LogP contribution in [0.2, 0.25) is 5.02 Å². The first-order chi connectivity index (χ1) is 8.11. The predicted octanol–water partition coefficient (Wildman–Crippen LogP) is 3.63. The Morgan fingerprint density at radius 3 is 2.88 bits per heavy atom. The van der Waals surface area contributed by atoms with Crippen LogP contribution in [-0.4, -0.2) is 17.5 Å². The topological polar surface area (TPSA) is 46.4 Å². The first-order valence-electron chi connectivity index (χ1n) is 5.81. The van der Waals surface area contributed by atoms with Gasteiger partial charge in [0.15, 0.2) is 0 Å². The van der Waals surface area contributed by atoms with Gasteiger partial charge in [-0.25, -0.2) is 0 Å². The Labute approximate surface area is 105 Å². The Balaban J connectivity index is 2.43. The van der Waals surface area contributed by atoms with Gasteiger partial charge in [-0.15, -0.1) is 0 Å². The Kier molecular flexibility index (Phi) is 3.52. The first kappa shape index (κ1) is 12.2. The van der Waals surface area contributed by atoms with Crippen LogP contribution in [0.25, 0.3) is 0 Å². The minimum Gasteiger partial charge on any atom is -0.363 e. The summed E-state index contributed by atoms with van der Waals surface area (Å²) in [5.41, 5.74) is 0.678. The Bertz CT molecular complexity index is 437. The van der Waals surface area contributed by atoms with Crippen molar-refractivity contribution in [3.63, 3.8) is 0 Å². The largest absolute Gasteiger partial charge is 0.363 e. The summed E-state index contributed by atoms with van der Waals surface area (Å²) in [6.07, 6.45) is 3.34. The van der Waals surface area contributed by atoms with Gasteiger partial charge in [0.1, 0.15) is 10.7 Å². The van der Waals surface area contributed by atoms with Crippen LogP contribution >= 0.6 is 11.6 Å². The van der Waals surface area contributed by atoms with Crippen molar-refractivity contribution >= 4 is 23.0 Å². The Hall–Kier alpha value is -1.29. The number of piperidine rings is 1. The van der Waals surface area contributed by atoms with Gasteiger partial charge in [0.2, 0.25) is 0 Å². The lowest BCUT2D eigenvalue weighted by Gasteiger charge is -2.35. The fourth-order valence-electron chi connectivity index (χ4n) is 2.37. The molecule has 1 fully saturated rings. The molecule has 0 bridgehead atoms. The van der Waals surface area contributed by atoms with Crippen molar-refractivity contribution in [1.29, 1.82) is 0 Å². The molecule has 1 aliphatic heterocycles. The van der Waals surface area contributed by atoms with Crippen molar-refractivity contribution in [2.75, 3.05) is 11.4 Å². The number of para-hydroxylation sites is 1. The number of benzene rings is 1. The molecular weight excluding hydrogens is 240 g/mol. The zero-order valence-electron chi connectivity index (χ0n) is 9.73. The second kappa shape index (κ2) is 4.92. The Morgan fingerprint density at radius 1 is 1.47 bits per heavy atom. The number of halogens is 1. The number of hydrogen-bond donors (Lipinski definition) is 0. The highest BCUT2D eigenvalue weighted by molar-refractivity contribution is 6.33. The highest BCUT2D eigenvalue weighted by Crippen LogP contribution is 2.37. The van der Waals surface area contributed by atoms with E-state index in [2.05, 4.69) is 11.8 Å². The Morgan fingerprint density at radius 2 is 2.24 bits per heavy atom. The van der Waals surface area contributed by atoms with Crippen LogP contribution in [0.15, 0.2) is 18.2 Å². The third kappa shape index (κ3) is 2.36. The highest BCUT2D eigenvalue weighted by atomic mass is 35.5. The van der Waals surface area contributed by atoms with Crippen LogP contribution in [0.4, 0.5) is 11.4 Å². The summed E-state index contributed by atoms with van der Waals surface area (Å²) in [7, 11) is 0. The molecule has 4 nitrogen and oxygen atoms in total. The van der Waals surface area contributed by atoms with Gasteiger partial charge in [-0.3, -0.25) is 10.1 Å². The number of nitrogens with zero attached hydrogens (tertiary/aromatic N) is 2. The van der Waals surface area contributed by atoms with Crippen molar-refractivity contribution in [2.24, 2.45) is 0 Å². The van der Waals surface area contributed by atoms with E-state index >= 15 is 0 Å². The maximum Gasteiger partial charge on any atom is 0.310 e. The lowest BCUT2D eigenvalue weighted by molar-refractivity contribution is -0.384. The SMILES string of the molecule is CC1CCCCN1c1cccc(Cl)c1[N+](=O)[O-]. The second-order valence-corrected chi connectivity index (χ2v) is 4.81. The van der Waals surface area contributed by atoms with E-state index in [4.69, 9.17) is 11.6 Å². The van der Waals surface area contributed by atoms with E-state index in [1.165, 1.54) is 6.42 Å². The molecule has 1 heterocycles. The molecule has 0 amide bonds. The molecule has 1 aromatic rings. The molecule has 0 aliphatic carbocycles. The van der Waals surface area contributed by atoms with Gasteiger partial charge in [-0.05, 0) is 38.3 Å². The molecule has 2 rings (SSSR count). The van der Waals surface area contributed by atoms with Crippen LogP contribution in [0.5, 0.6) is 0 Å². The van der Waals surface area contributed by atoms with E-state index < -0.39 is 0 Å². The molecular formula is C12H15ClN2O2.